The van der Waals surface area contributed by atoms with Gasteiger partial charge in [-0.2, -0.15) is 8.75 Å². The summed E-state index contributed by atoms with van der Waals surface area (Å²) in [5.41, 5.74) is 3.20. The minimum Gasteiger partial charge on any atom is -0.506 e. The van der Waals surface area contributed by atoms with Crippen molar-refractivity contribution in [2.24, 2.45) is 0 Å². The third kappa shape index (κ3) is 3.43. The lowest BCUT2D eigenvalue weighted by molar-refractivity contribution is 0.0978. The molecule has 3 N–H and O–H groups in total. The maximum atomic E-state index is 12.2. The summed E-state index contributed by atoms with van der Waals surface area (Å²) >= 11 is 6.20. The van der Waals surface area contributed by atoms with E-state index in [1.807, 2.05) is 13.0 Å². The molecule has 0 spiro atoms. The van der Waals surface area contributed by atoms with Gasteiger partial charge in [0.05, 0.1) is 17.4 Å². The minimum atomic E-state index is -0.357. The van der Waals surface area contributed by atoms with E-state index < -0.39 is 0 Å². The summed E-state index contributed by atoms with van der Waals surface area (Å²) in [4.78, 5) is 12.2. The lowest BCUT2D eigenvalue weighted by Crippen LogP contribution is -2.34. The summed E-state index contributed by atoms with van der Waals surface area (Å²) in [6, 6.07) is 10.2. The number of benzene rings is 2. The molecule has 2 aromatic carbocycles. The normalized spacial score (nSPS) is 10.5. The second-order valence-electron chi connectivity index (χ2n) is 4.90. The molecular weight excluding hydrogens is 332 g/mol. The van der Waals surface area contributed by atoms with Gasteiger partial charge in [0.1, 0.15) is 16.8 Å². The highest BCUT2D eigenvalue weighted by molar-refractivity contribution is 7.80. The van der Waals surface area contributed by atoms with Crippen molar-refractivity contribution in [1.29, 1.82) is 0 Å². The number of rotatable bonds is 2. The van der Waals surface area contributed by atoms with Crippen LogP contribution in [0.1, 0.15) is 15.9 Å². The van der Waals surface area contributed by atoms with Crippen molar-refractivity contribution in [1.82, 2.24) is 14.1 Å². The topological polar surface area (TPSA) is 87.1 Å². The van der Waals surface area contributed by atoms with Gasteiger partial charge in [0.15, 0.2) is 5.11 Å². The Labute approximate surface area is 141 Å². The molecule has 1 aromatic heterocycles. The summed E-state index contributed by atoms with van der Waals surface area (Å²) in [5, 5.41) is 15.3. The zero-order valence-corrected chi connectivity index (χ0v) is 13.7. The zero-order valence-electron chi connectivity index (χ0n) is 12.0. The number of phenols is 1. The lowest BCUT2D eigenvalue weighted by atomic mass is 10.2. The molecule has 0 bridgehead atoms. The Hall–Kier alpha value is -2.58. The van der Waals surface area contributed by atoms with Crippen LogP contribution in [0.3, 0.4) is 0 Å². The molecule has 3 rings (SSSR count). The van der Waals surface area contributed by atoms with Gasteiger partial charge >= 0.3 is 0 Å². The highest BCUT2D eigenvalue weighted by atomic mass is 32.1. The van der Waals surface area contributed by atoms with Crippen molar-refractivity contribution in [3.63, 3.8) is 0 Å². The number of aromatic hydroxyl groups is 1. The second kappa shape index (κ2) is 6.27. The van der Waals surface area contributed by atoms with E-state index in [2.05, 4.69) is 19.4 Å². The quantitative estimate of drug-likeness (QED) is 0.489. The van der Waals surface area contributed by atoms with E-state index in [9.17, 15) is 9.90 Å². The number of amides is 1. The van der Waals surface area contributed by atoms with Crippen LogP contribution in [0.4, 0.5) is 5.69 Å². The van der Waals surface area contributed by atoms with Crippen LogP contribution in [0.15, 0.2) is 36.4 Å². The first-order chi connectivity index (χ1) is 11.0. The van der Waals surface area contributed by atoms with Gasteiger partial charge in [-0.1, -0.05) is 6.07 Å². The molecule has 1 heterocycles. The van der Waals surface area contributed by atoms with Crippen molar-refractivity contribution < 1.29 is 9.90 Å². The number of hydrogen-bond acceptors (Lipinski definition) is 6. The van der Waals surface area contributed by atoms with E-state index in [0.29, 0.717) is 16.8 Å². The zero-order chi connectivity index (χ0) is 16.4. The molecular formula is C15H12N4O2S2. The van der Waals surface area contributed by atoms with E-state index in [-0.39, 0.29) is 16.8 Å². The molecule has 6 nitrogen and oxygen atoms in total. The van der Waals surface area contributed by atoms with Crippen molar-refractivity contribution in [3.8, 4) is 5.75 Å². The van der Waals surface area contributed by atoms with Crippen molar-refractivity contribution in [3.05, 3.63) is 47.5 Å². The Morgan fingerprint density at radius 2 is 1.96 bits per heavy atom. The monoisotopic (exact) mass is 344 g/mol. The maximum absolute atomic E-state index is 12.2. The van der Waals surface area contributed by atoms with Gasteiger partial charge in [0.25, 0.3) is 5.91 Å². The standard InChI is InChI=1S/C15H12N4O2S2/c1-8-2-4-11(13(20)6-8)16-15(22)17-14(21)9-3-5-10-12(7-9)19-23-18-10/h2-7,20H,1H3,(H2,16,17,21,22). The Morgan fingerprint density at radius 1 is 1.17 bits per heavy atom. The molecule has 116 valence electrons. The minimum absolute atomic E-state index is 0.0663. The van der Waals surface area contributed by atoms with Crippen LogP contribution in [0, 0.1) is 6.92 Å². The third-order valence-electron chi connectivity index (χ3n) is 3.14. The third-order valence-corrected chi connectivity index (χ3v) is 3.91. The van der Waals surface area contributed by atoms with E-state index >= 15 is 0 Å². The predicted molar refractivity (Wildman–Crippen MR) is 93.9 cm³/mol. The van der Waals surface area contributed by atoms with Crippen molar-refractivity contribution >= 4 is 51.7 Å². The first-order valence-electron chi connectivity index (χ1n) is 6.67. The molecule has 0 radical (unpaired) electrons. The van der Waals surface area contributed by atoms with Crippen LogP contribution in [-0.4, -0.2) is 24.9 Å². The fourth-order valence-corrected chi connectivity index (χ4v) is 2.72. The molecule has 23 heavy (non-hydrogen) atoms. The molecule has 0 atom stereocenters. The van der Waals surface area contributed by atoms with Crippen molar-refractivity contribution in [2.45, 2.75) is 6.92 Å². The molecule has 0 saturated carbocycles. The van der Waals surface area contributed by atoms with Gasteiger partial charge in [-0.05, 0) is 55.0 Å². The fraction of sp³-hybridized carbons (Fsp3) is 0.0667. The number of nitrogens with one attached hydrogen (secondary N) is 2. The largest absolute Gasteiger partial charge is 0.506 e. The number of nitrogens with zero attached hydrogens (tertiary/aromatic N) is 2. The van der Waals surface area contributed by atoms with Gasteiger partial charge in [-0.25, -0.2) is 0 Å². The van der Waals surface area contributed by atoms with Crippen LogP contribution >= 0.6 is 23.9 Å². The van der Waals surface area contributed by atoms with Crippen LogP contribution in [0.2, 0.25) is 0 Å². The number of carbonyl (C=O) groups excluding carboxylic acids is 1. The van der Waals surface area contributed by atoms with Crippen LogP contribution < -0.4 is 10.6 Å². The average molecular weight is 344 g/mol. The van der Waals surface area contributed by atoms with E-state index in [1.165, 1.54) is 0 Å². The highest BCUT2D eigenvalue weighted by Gasteiger charge is 2.11. The number of aryl methyl sites for hydroxylation is 1. The van der Waals surface area contributed by atoms with E-state index in [1.54, 1.807) is 30.3 Å². The second-order valence-corrected chi connectivity index (χ2v) is 5.83. The predicted octanol–water partition coefficient (Wildman–Crippen LogP) is 2.83. The van der Waals surface area contributed by atoms with Crippen LogP contribution in [0.25, 0.3) is 11.0 Å². The fourth-order valence-electron chi connectivity index (χ4n) is 2.00. The number of fused-ring (bicyclic) bond motifs is 1. The number of anilines is 1. The van der Waals surface area contributed by atoms with Gasteiger partial charge in [-0.15, -0.1) is 0 Å². The number of aromatic nitrogens is 2. The SMILES string of the molecule is Cc1ccc(NC(=S)NC(=O)c2ccc3nsnc3c2)c(O)c1. The molecule has 0 fully saturated rings. The Bertz CT molecular complexity index is 907. The number of carbonyl (C=O) groups is 1. The smallest absolute Gasteiger partial charge is 0.257 e. The van der Waals surface area contributed by atoms with Gasteiger partial charge < -0.3 is 10.4 Å². The first-order valence-corrected chi connectivity index (χ1v) is 7.81. The summed E-state index contributed by atoms with van der Waals surface area (Å²) in [5.74, 6) is -0.291. The number of thiocarbonyl (C=S) groups is 1. The lowest BCUT2D eigenvalue weighted by Gasteiger charge is -2.11. The molecule has 0 aliphatic heterocycles. The van der Waals surface area contributed by atoms with Gasteiger partial charge in [-0.3, -0.25) is 10.1 Å². The van der Waals surface area contributed by atoms with E-state index in [0.717, 1.165) is 22.8 Å². The number of phenolic OH excluding ortho intramolecular Hbond substituents is 1. The molecule has 0 aliphatic carbocycles. The highest BCUT2D eigenvalue weighted by Crippen LogP contribution is 2.23. The molecule has 3 aromatic rings. The van der Waals surface area contributed by atoms with E-state index in [4.69, 9.17) is 12.2 Å². The van der Waals surface area contributed by atoms with Crippen LogP contribution in [0.5, 0.6) is 5.75 Å². The molecule has 0 saturated heterocycles. The summed E-state index contributed by atoms with van der Waals surface area (Å²) in [6.45, 7) is 1.87. The number of hydrogen-bond donors (Lipinski definition) is 3. The Morgan fingerprint density at radius 3 is 2.74 bits per heavy atom. The Balaban J connectivity index is 1.70. The first kappa shape index (κ1) is 15.3. The molecule has 0 aliphatic rings. The van der Waals surface area contributed by atoms with Crippen molar-refractivity contribution in [2.75, 3.05) is 5.32 Å². The molecule has 0 unspecified atom stereocenters. The van der Waals surface area contributed by atoms with Gasteiger partial charge in [0.2, 0.25) is 0 Å². The average Bonchev–Trinajstić information content (AvgIpc) is 2.97. The van der Waals surface area contributed by atoms with Gasteiger partial charge in [0, 0.05) is 5.56 Å². The maximum Gasteiger partial charge on any atom is 0.257 e. The summed E-state index contributed by atoms with van der Waals surface area (Å²) in [6.07, 6.45) is 0. The summed E-state index contributed by atoms with van der Waals surface area (Å²) in [7, 11) is 0. The Kier molecular flexibility index (Phi) is 4.18. The molecule has 8 heteroatoms. The summed E-state index contributed by atoms with van der Waals surface area (Å²) < 4.78 is 8.18. The molecule has 1 amide bonds. The van der Waals surface area contributed by atoms with Crippen LogP contribution in [-0.2, 0) is 0 Å².